The Hall–Kier alpha value is -3.74. The molecular weight excluding hydrogens is 400 g/mol. The topological polar surface area (TPSA) is 98.2 Å². The van der Waals surface area contributed by atoms with Crippen LogP contribution in [0.1, 0.15) is 62.9 Å². The van der Waals surface area contributed by atoms with Gasteiger partial charge in [-0.25, -0.2) is 9.97 Å². The molecule has 3 N–H and O–H groups in total. The Balaban J connectivity index is 1.29. The van der Waals surface area contributed by atoms with E-state index in [0.29, 0.717) is 30.3 Å². The highest BCUT2D eigenvalue weighted by Gasteiger charge is 2.23. The van der Waals surface area contributed by atoms with E-state index in [0.717, 1.165) is 33.9 Å². The molecule has 1 aliphatic rings. The van der Waals surface area contributed by atoms with Crippen molar-refractivity contribution in [3.63, 3.8) is 0 Å². The molecule has 162 valence electrons. The second-order valence-electron chi connectivity index (χ2n) is 8.56. The van der Waals surface area contributed by atoms with Gasteiger partial charge in [-0.1, -0.05) is 6.07 Å². The Morgan fingerprint density at radius 3 is 2.75 bits per heavy atom. The molecule has 0 radical (unpaired) electrons. The minimum Gasteiger partial charge on any atom is -0.384 e. The van der Waals surface area contributed by atoms with Gasteiger partial charge in [-0.15, -0.1) is 0 Å². The number of hydrogen-bond acceptors (Lipinski definition) is 5. The molecule has 7 nitrogen and oxygen atoms in total. The van der Waals surface area contributed by atoms with Crippen molar-refractivity contribution < 1.29 is 4.79 Å². The number of aromatic nitrogens is 4. The predicted octanol–water partition coefficient (Wildman–Crippen LogP) is 3.72. The average molecular weight is 427 g/mol. The first kappa shape index (κ1) is 20.2. The van der Waals surface area contributed by atoms with Crippen molar-refractivity contribution in [2.75, 3.05) is 5.73 Å². The average Bonchev–Trinajstić information content (AvgIpc) is 3.53. The lowest BCUT2D eigenvalue weighted by atomic mass is 10.1. The third-order valence-electron chi connectivity index (χ3n) is 6.01. The summed E-state index contributed by atoms with van der Waals surface area (Å²) in [7, 11) is 0. The lowest BCUT2D eigenvalue weighted by Gasteiger charge is -2.11. The monoisotopic (exact) mass is 426 g/mol. The molecule has 1 fully saturated rings. The van der Waals surface area contributed by atoms with Crippen molar-refractivity contribution in [2.24, 2.45) is 0 Å². The fourth-order valence-electron chi connectivity index (χ4n) is 4.13. The van der Waals surface area contributed by atoms with E-state index in [2.05, 4.69) is 44.2 Å². The summed E-state index contributed by atoms with van der Waals surface area (Å²) in [5.41, 5.74) is 13.2. The maximum atomic E-state index is 12.8. The Morgan fingerprint density at radius 2 is 1.97 bits per heavy atom. The van der Waals surface area contributed by atoms with Crippen molar-refractivity contribution in [3.8, 4) is 0 Å². The molecule has 5 rings (SSSR count). The number of rotatable bonds is 6. The Kier molecular flexibility index (Phi) is 5.09. The van der Waals surface area contributed by atoms with Crippen LogP contribution in [0.4, 0.5) is 5.82 Å². The van der Waals surface area contributed by atoms with E-state index in [1.807, 2.05) is 26.0 Å². The molecule has 0 unspecified atom stereocenters. The molecule has 7 heteroatoms. The van der Waals surface area contributed by atoms with E-state index in [4.69, 9.17) is 10.7 Å². The molecule has 0 spiro atoms. The van der Waals surface area contributed by atoms with Gasteiger partial charge in [0.05, 0.1) is 5.69 Å². The van der Waals surface area contributed by atoms with Crippen LogP contribution in [-0.4, -0.2) is 25.3 Å². The Labute approximate surface area is 186 Å². The number of carbonyl (C=O) groups is 1. The zero-order chi connectivity index (χ0) is 22.2. The number of nitrogens with two attached hydrogens (primary N) is 1. The Morgan fingerprint density at radius 1 is 1.12 bits per heavy atom. The number of fused-ring (bicyclic) bond motifs is 1. The van der Waals surface area contributed by atoms with Crippen molar-refractivity contribution in [1.82, 2.24) is 24.7 Å². The summed E-state index contributed by atoms with van der Waals surface area (Å²) in [6.07, 6.45) is 9.03. The van der Waals surface area contributed by atoms with Crippen LogP contribution in [0.2, 0.25) is 0 Å². The lowest BCUT2D eigenvalue weighted by molar-refractivity contribution is 0.0950. The number of hydrogen-bond donors (Lipinski definition) is 2. The molecule has 1 saturated carbocycles. The van der Waals surface area contributed by atoms with Gasteiger partial charge in [-0.2, -0.15) is 0 Å². The van der Waals surface area contributed by atoms with E-state index in [-0.39, 0.29) is 5.91 Å². The molecule has 0 aromatic carbocycles. The van der Waals surface area contributed by atoms with Gasteiger partial charge in [0.25, 0.3) is 5.91 Å². The standard InChI is InChI=1S/C25H26N6O/c1-15-9-23(26)29-16(2)22(15)12-28-25(32)18-7-8-27-20(10-18)11-21-14-31-13-19(17-3-4-17)5-6-24(31)30-21/h5-10,13-14,17H,3-4,11-12H2,1-2H3,(H2,26,29)(H,28,32). The van der Waals surface area contributed by atoms with E-state index in [1.165, 1.54) is 18.4 Å². The number of aryl methyl sites for hydroxylation is 2. The highest BCUT2D eigenvalue weighted by Crippen LogP contribution is 2.39. The number of nitrogen functional groups attached to an aromatic ring is 1. The summed E-state index contributed by atoms with van der Waals surface area (Å²) < 4.78 is 2.09. The van der Waals surface area contributed by atoms with Crippen molar-refractivity contribution in [3.05, 3.63) is 88.3 Å². The third kappa shape index (κ3) is 4.19. The summed E-state index contributed by atoms with van der Waals surface area (Å²) >= 11 is 0. The zero-order valence-electron chi connectivity index (χ0n) is 18.3. The van der Waals surface area contributed by atoms with Gasteiger partial charge in [0.15, 0.2) is 0 Å². The van der Waals surface area contributed by atoms with Crippen LogP contribution in [0.25, 0.3) is 5.65 Å². The van der Waals surface area contributed by atoms with Crippen LogP contribution in [0.15, 0.2) is 48.9 Å². The molecule has 0 saturated heterocycles. The number of imidazole rings is 1. The third-order valence-corrected chi connectivity index (χ3v) is 6.01. The molecule has 4 heterocycles. The fraction of sp³-hybridized carbons (Fsp3) is 0.280. The molecule has 32 heavy (non-hydrogen) atoms. The van der Waals surface area contributed by atoms with Gasteiger partial charge in [0.1, 0.15) is 11.5 Å². The molecule has 4 aromatic rings. The quantitative estimate of drug-likeness (QED) is 0.490. The van der Waals surface area contributed by atoms with Crippen molar-refractivity contribution in [2.45, 2.75) is 45.6 Å². The van der Waals surface area contributed by atoms with Crippen LogP contribution in [-0.2, 0) is 13.0 Å². The summed E-state index contributed by atoms with van der Waals surface area (Å²) in [6, 6.07) is 9.63. The first-order valence-electron chi connectivity index (χ1n) is 10.9. The zero-order valence-corrected chi connectivity index (χ0v) is 18.3. The molecule has 0 aliphatic heterocycles. The van der Waals surface area contributed by atoms with E-state index < -0.39 is 0 Å². The highest BCUT2D eigenvalue weighted by atomic mass is 16.1. The second kappa shape index (κ2) is 8.07. The van der Waals surface area contributed by atoms with Gasteiger partial charge in [0.2, 0.25) is 0 Å². The smallest absolute Gasteiger partial charge is 0.251 e. The van der Waals surface area contributed by atoms with E-state index in [9.17, 15) is 4.79 Å². The number of nitrogens with zero attached hydrogens (tertiary/aromatic N) is 4. The minimum atomic E-state index is -0.145. The molecule has 0 bridgehead atoms. The van der Waals surface area contributed by atoms with Gasteiger partial charge >= 0.3 is 0 Å². The fourth-order valence-corrected chi connectivity index (χ4v) is 4.13. The summed E-state index contributed by atoms with van der Waals surface area (Å²) in [6.45, 7) is 4.27. The van der Waals surface area contributed by atoms with Crippen LogP contribution < -0.4 is 11.1 Å². The van der Waals surface area contributed by atoms with Crippen LogP contribution in [0.3, 0.4) is 0 Å². The molecule has 1 aliphatic carbocycles. The van der Waals surface area contributed by atoms with E-state index in [1.54, 1.807) is 12.3 Å². The molecular formula is C25H26N6O. The normalized spacial score (nSPS) is 13.4. The maximum Gasteiger partial charge on any atom is 0.251 e. The van der Waals surface area contributed by atoms with E-state index >= 15 is 0 Å². The number of carbonyl (C=O) groups excluding carboxylic acids is 1. The Bertz CT molecular complexity index is 1300. The van der Waals surface area contributed by atoms with Crippen LogP contribution in [0, 0.1) is 13.8 Å². The molecule has 0 atom stereocenters. The highest BCUT2D eigenvalue weighted by molar-refractivity contribution is 5.94. The molecule has 4 aromatic heterocycles. The summed E-state index contributed by atoms with van der Waals surface area (Å²) in [4.78, 5) is 26.2. The summed E-state index contributed by atoms with van der Waals surface area (Å²) in [5, 5.41) is 2.98. The first-order valence-corrected chi connectivity index (χ1v) is 10.9. The van der Waals surface area contributed by atoms with Crippen LogP contribution >= 0.6 is 0 Å². The van der Waals surface area contributed by atoms with Crippen molar-refractivity contribution >= 4 is 17.4 Å². The second-order valence-corrected chi connectivity index (χ2v) is 8.56. The van der Waals surface area contributed by atoms with Gasteiger partial charge in [-0.05, 0) is 73.6 Å². The molecule has 1 amide bonds. The largest absolute Gasteiger partial charge is 0.384 e. The van der Waals surface area contributed by atoms with Gasteiger partial charge < -0.3 is 15.5 Å². The lowest BCUT2D eigenvalue weighted by Crippen LogP contribution is -2.24. The number of nitrogens with one attached hydrogen (secondary N) is 1. The number of anilines is 1. The van der Waals surface area contributed by atoms with Gasteiger partial charge in [0, 0.05) is 48.5 Å². The first-order chi connectivity index (χ1) is 15.5. The van der Waals surface area contributed by atoms with Crippen molar-refractivity contribution in [1.29, 1.82) is 0 Å². The number of amides is 1. The number of pyridine rings is 3. The minimum absolute atomic E-state index is 0.145. The maximum absolute atomic E-state index is 12.8. The van der Waals surface area contributed by atoms with Gasteiger partial charge in [-0.3, -0.25) is 9.78 Å². The predicted molar refractivity (Wildman–Crippen MR) is 124 cm³/mol. The SMILES string of the molecule is Cc1cc(N)nc(C)c1CNC(=O)c1ccnc(Cc2cn3cc(C4CC4)ccc3n2)c1. The summed E-state index contributed by atoms with van der Waals surface area (Å²) in [5.74, 6) is 1.05. The van der Waals surface area contributed by atoms with Crippen LogP contribution in [0.5, 0.6) is 0 Å².